The van der Waals surface area contributed by atoms with Gasteiger partial charge in [0.2, 0.25) is 5.95 Å². The summed E-state index contributed by atoms with van der Waals surface area (Å²) in [5.74, 6) is 0.325. The van der Waals surface area contributed by atoms with E-state index >= 15 is 0 Å². The summed E-state index contributed by atoms with van der Waals surface area (Å²) >= 11 is 0. The molecule has 0 aliphatic carbocycles. The van der Waals surface area contributed by atoms with Crippen LogP contribution in [0.1, 0.15) is 28.8 Å². The van der Waals surface area contributed by atoms with Crippen molar-refractivity contribution in [1.82, 2.24) is 15.3 Å². The maximum Gasteiger partial charge on any atom is 0.251 e. The van der Waals surface area contributed by atoms with Crippen molar-refractivity contribution in [3.63, 3.8) is 0 Å². The number of amides is 1. The van der Waals surface area contributed by atoms with E-state index in [4.69, 9.17) is 15.2 Å². The number of anilines is 4. The average molecular weight is 475 g/mol. The van der Waals surface area contributed by atoms with Crippen molar-refractivity contribution in [2.45, 2.75) is 19.4 Å². The Kier molecular flexibility index (Phi) is 7.06. The molecule has 1 amide bonds. The second-order valence-corrected chi connectivity index (χ2v) is 8.65. The Labute approximate surface area is 204 Å². The van der Waals surface area contributed by atoms with Crippen LogP contribution in [0.4, 0.5) is 23.0 Å². The van der Waals surface area contributed by atoms with E-state index in [1.54, 1.807) is 24.4 Å². The predicted octanol–water partition coefficient (Wildman–Crippen LogP) is 3.35. The van der Waals surface area contributed by atoms with Crippen LogP contribution in [0.15, 0.2) is 48.7 Å². The summed E-state index contributed by atoms with van der Waals surface area (Å²) in [6, 6.07) is 13.3. The summed E-state index contributed by atoms with van der Waals surface area (Å²) in [4.78, 5) is 23.9. The minimum absolute atomic E-state index is 0.140. The normalized spacial score (nSPS) is 17.0. The third-order valence-corrected chi connectivity index (χ3v) is 6.19. The van der Waals surface area contributed by atoms with E-state index in [0.717, 1.165) is 61.6 Å². The first-order valence-corrected chi connectivity index (χ1v) is 12.0. The maximum atomic E-state index is 12.5. The molecule has 9 nitrogen and oxygen atoms in total. The van der Waals surface area contributed by atoms with Gasteiger partial charge in [-0.25, -0.2) is 9.97 Å². The predicted molar refractivity (Wildman–Crippen MR) is 136 cm³/mol. The van der Waals surface area contributed by atoms with E-state index in [0.29, 0.717) is 42.7 Å². The lowest BCUT2D eigenvalue weighted by Crippen LogP contribution is -2.36. The Bertz CT molecular complexity index is 1200. The van der Waals surface area contributed by atoms with Gasteiger partial charge in [-0.3, -0.25) is 4.79 Å². The maximum absolute atomic E-state index is 12.5. The summed E-state index contributed by atoms with van der Waals surface area (Å²) < 4.78 is 11.6. The third kappa shape index (κ3) is 5.52. The fourth-order valence-corrected chi connectivity index (χ4v) is 4.34. The molecule has 3 aliphatic heterocycles. The van der Waals surface area contributed by atoms with Crippen molar-refractivity contribution < 1.29 is 14.3 Å². The highest BCUT2D eigenvalue weighted by Crippen LogP contribution is 2.29. The monoisotopic (exact) mass is 474 g/mol. The standard InChI is InChI=1S/C26H30N6O3/c27-22-16-18-3-5-21(22)23-7-9-29-26(31-23)30-20-4-6-24(32-10-13-34-14-11-32)19(15-20)17-35-12-2-1-8-28-25(18)33/h3-7,9,15-16H,1-2,8,10-14,17,27H2,(H,28,33)(H,29,30,31). The molecule has 0 spiro atoms. The lowest BCUT2D eigenvalue weighted by Gasteiger charge is -2.31. The number of nitrogen functional groups attached to an aromatic ring is 1. The van der Waals surface area contributed by atoms with Gasteiger partial charge in [0.05, 0.1) is 25.5 Å². The van der Waals surface area contributed by atoms with E-state index in [1.165, 1.54) is 0 Å². The number of aromatic nitrogens is 2. The lowest BCUT2D eigenvalue weighted by atomic mass is 10.1. The number of ether oxygens (including phenoxy) is 2. The van der Waals surface area contributed by atoms with Crippen LogP contribution in [0.2, 0.25) is 0 Å². The van der Waals surface area contributed by atoms with Gasteiger partial charge in [-0.2, -0.15) is 0 Å². The molecule has 6 bridgehead atoms. The van der Waals surface area contributed by atoms with Crippen molar-refractivity contribution in [2.24, 2.45) is 0 Å². The van der Waals surface area contributed by atoms with Gasteiger partial charge in [-0.15, -0.1) is 0 Å². The van der Waals surface area contributed by atoms with Crippen LogP contribution in [-0.4, -0.2) is 55.3 Å². The summed E-state index contributed by atoms with van der Waals surface area (Å²) in [5, 5.41) is 6.28. The van der Waals surface area contributed by atoms with Crippen LogP contribution in [0.25, 0.3) is 11.3 Å². The quantitative estimate of drug-likeness (QED) is 0.460. The Morgan fingerprint density at radius 3 is 2.71 bits per heavy atom. The molecule has 1 fully saturated rings. The van der Waals surface area contributed by atoms with E-state index in [9.17, 15) is 4.79 Å². The number of morpholine rings is 1. The van der Waals surface area contributed by atoms with Gasteiger partial charge in [0.1, 0.15) is 0 Å². The molecule has 0 saturated carbocycles. The topological polar surface area (TPSA) is 115 Å². The van der Waals surface area contributed by atoms with Crippen molar-refractivity contribution in [3.8, 4) is 11.3 Å². The molecular weight excluding hydrogens is 444 g/mol. The van der Waals surface area contributed by atoms with Crippen LogP contribution in [0.5, 0.6) is 0 Å². The number of benzene rings is 2. The van der Waals surface area contributed by atoms with E-state index < -0.39 is 0 Å². The van der Waals surface area contributed by atoms with Crippen LogP contribution < -0.4 is 21.3 Å². The first kappa shape index (κ1) is 23.1. The lowest BCUT2D eigenvalue weighted by molar-refractivity contribution is 0.0946. The van der Waals surface area contributed by atoms with Crippen molar-refractivity contribution in [2.75, 3.05) is 55.4 Å². The minimum atomic E-state index is -0.140. The molecule has 4 N–H and O–H groups in total. The molecule has 35 heavy (non-hydrogen) atoms. The average Bonchev–Trinajstić information content (AvgIpc) is 2.88. The fraction of sp³-hybridized carbons (Fsp3) is 0.346. The highest BCUT2D eigenvalue weighted by atomic mass is 16.5. The van der Waals surface area contributed by atoms with Gasteiger partial charge in [0, 0.05) is 66.2 Å². The second-order valence-electron chi connectivity index (χ2n) is 8.65. The highest BCUT2D eigenvalue weighted by molar-refractivity contribution is 5.96. The van der Waals surface area contributed by atoms with Crippen LogP contribution >= 0.6 is 0 Å². The van der Waals surface area contributed by atoms with E-state index in [1.807, 2.05) is 12.1 Å². The first-order valence-electron chi connectivity index (χ1n) is 12.0. The van der Waals surface area contributed by atoms with Crippen LogP contribution in [0.3, 0.4) is 0 Å². The third-order valence-electron chi connectivity index (χ3n) is 6.19. The van der Waals surface area contributed by atoms with Gasteiger partial charge in [0.15, 0.2) is 0 Å². The zero-order chi connectivity index (χ0) is 24.0. The minimum Gasteiger partial charge on any atom is -0.398 e. The van der Waals surface area contributed by atoms with Gasteiger partial charge >= 0.3 is 0 Å². The van der Waals surface area contributed by atoms with Crippen LogP contribution in [0, 0.1) is 0 Å². The molecule has 2 aromatic carbocycles. The summed E-state index contributed by atoms with van der Waals surface area (Å²) in [7, 11) is 0. The van der Waals surface area contributed by atoms with Gasteiger partial charge in [0.25, 0.3) is 5.91 Å². The first-order chi connectivity index (χ1) is 17.2. The van der Waals surface area contributed by atoms with E-state index in [-0.39, 0.29) is 5.91 Å². The SMILES string of the molecule is Nc1cc2ccc1-c1ccnc(n1)Nc1ccc(N3CCOCC3)c(c1)COCCCCNC2=O. The van der Waals surface area contributed by atoms with Gasteiger partial charge in [-0.05, 0) is 55.3 Å². The van der Waals surface area contributed by atoms with Gasteiger partial charge in [-0.1, -0.05) is 0 Å². The number of rotatable bonds is 1. The summed E-state index contributed by atoms with van der Waals surface area (Å²) in [6.07, 6.45) is 3.38. The van der Waals surface area contributed by atoms with E-state index in [2.05, 4.69) is 37.6 Å². The smallest absolute Gasteiger partial charge is 0.251 e. The molecule has 6 rings (SSSR count). The molecule has 0 atom stereocenters. The number of carbonyl (C=O) groups is 1. The fourth-order valence-electron chi connectivity index (χ4n) is 4.34. The number of carbonyl (C=O) groups excluding carboxylic acids is 1. The number of hydrogen-bond acceptors (Lipinski definition) is 8. The molecule has 4 heterocycles. The largest absolute Gasteiger partial charge is 0.398 e. The van der Waals surface area contributed by atoms with Crippen molar-refractivity contribution in [1.29, 1.82) is 0 Å². The number of hydrogen-bond donors (Lipinski definition) is 3. The number of nitrogens with one attached hydrogen (secondary N) is 2. The Morgan fingerprint density at radius 1 is 0.971 bits per heavy atom. The highest BCUT2D eigenvalue weighted by Gasteiger charge is 2.16. The molecule has 3 aliphatic rings. The van der Waals surface area contributed by atoms with Crippen molar-refractivity contribution in [3.05, 3.63) is 59.8 Å². The summed E-state index contributed by atoms with van der Waals surface area (Å²) in [6.45, 7) is 4.83. The molecule has 1 aromatic heterocycles. The zero-order valence-corrected chi connectivity index (χ0v) is 19.6. The molecule has 9 heteroatoms. The second kappa shape index (κ2) is 10.7. The molecule has 0 radical (unpaired) electrons. The van der Waals surface area contributed by atoms with Crippen molar-refractivity contribution >= 4 is 28.9 Å². The molecular formula is C26H30N6O3. The van der Waals surface area contributed by atoms with Crippen LogP contribution in [-0.2, 0) is 16.1 Å². The summed E-state index contributed by atoms with van der Waals surface area (Å²) in [5.41, 5.74) is 11.9. The number of fused-ring (bicyclic) bond motifs is 9. The molecule has 1 saturated heterocycles. The Balaban J connectivity index is 1.47. The Hall–Kier alpha value is -3.69. The molecule has 0 unspecified atom stereocenters. The molecule has 182 valence electrons. The number of nitrogens with two attached hydrogens (primary N) is 1. The number of nitrogens with zero attached hydrogens (tertiary/aromatic N) is 3. The Morgan fingerprint density at radius 2 is 1.86 bits per heavy atom. The molecule has 3 aromatic rings. The van der Waals surface area contributed by atoms with Gasteiger partial charge < -0.3 is 30.7 Å². The zero-order valence-electron chi connectivity index (χ0n) is 19.6.